The number of aromatic amines is 1. The summed E-state index contributed by atoms with van der Waals surface area (Å²) in [4.78, 5) is 57.6. The Kier molecular flexibility index (Phi) is 12.9. The molecule has 1 aromatic heterocycles. The molecule has 0 fully saturated rings. The molecule has 13 N–H and O–H groups in total. The third-order valence-electron chi connectivity index (χ3n) is 6.35. The number of carboxylic acid groups (broad SMARTS) is 1. The second-order valence-corrected chi connectivity index (χ2v) is 9.59. The fourth-order valence-electron chi connectivity index (χ4n) is 4.09. The summed E-state index contributed by atoms with van der Waals surface area (Å²) in [6.07, 6.45) is 4.00. The van der Waals surface area contributed by atoms with E-state index in [0.29, 0.717) is 25.8 Å². The van der Waals surface area contributed by atoms with Gasteiger partial charge in [0.2, 0.25) is 17.7 Å². The molecule has 0 saturated heterocycles. The average molecular weight is 560 g/mol. The number of hydrogen-bond donors (Lipinski definition) is 9. The number of aliphatic imine (C=N–C) groups is 1. The van der Waals surface area contributed by atoms with E-state index < -0.39 is 47.9 Å². The lowest BCUT2D eigenvalue weighted by atomic mass is 10.0. The van der Waals surface area contributed by atoms with Gasteiger partial charge in [0.05, 0.1) is 6.04 Å². The molecule has 4 unspecified atom stereocenters. The Bertz CT molecular complexity index is 1180. The van der Waals surface area contributed by atoms with E-state index in [9.17, 15) is 24.3 Å². The Morgan fingerprint density at radius 1 is 0.950 bits per heavy atom. The zero-order valence-electron chi connectivity index (χ0n) is 22.7. The van der Waals surface area contributed by atoms with Crippen LogP contribution in [0.1, 0.15) is 44.6 Å². The first-order chi connectivity index (χ1) is 19.0. The lowest BCUT2D eigenvalue weighted by Crippen LogP contribution is -2.57. The molecule has 40 heavy (non-hydrogen) atoms. The smallest absolute Gasteiger partial charge is 0.326 e. The summed E-state index contributed by atoms with van der Waals surface area (Å²) in [5.74, 6) is -3.16. The Morgan fingerprint density at radius 2 is 1.65 bits per heavy atom. The van der Waals surface area contributed by atoms with Crippen molar-refractivity contribution in [1.82, 2.24) is 20.9 Å². The largest absolute Gasteiger partial charge is 0.480 e. The molecule has 1 aromatic carbocycles. The molecule has 220 valence electrons. The van der Waals surface area contributed by atoms with Gasteiger partial charge in [0.25, 0.3) is 0 Å². The van der Waals surface area contributed by atoms with Crippen LogP contribution < -0.4 is 38.9 Å². The number of carboxylic acids is 1. The first kappa shape index (κ1) is 32.0. The van der Waals surface area contributed by atoms with Gasteiger partial charge < -0.3 is 49.0 Å². The van der Waals surface area contributed by atoms with Gasteiger partial charge in [0.15, 0.2) is 5.96 Å². The number of carbonyl (C=O) groups is 4. The molecule has 0 saturated carbocycles. The second-order valence-electron chi connectivity index (χ2n) is 9.59. The lowest BCUT2D eigenvalue weighted by molar-refractivity contribution is -0.142. The number of nitrogens with two attached hydrogens (primary N) is 4. The minimum Gasteiger partial charge on any atom is -0.480 e. The number of aliphatic carboxylic acids is 1. The zero-order chi connectivity index (χ0) is 29.7. The SMILES string of the molecule is CC(NC(=O)C(N)CCCCN)C(=O)NC(Cc1c[nH]c2ccccc12)C(=O)NC(CCCN=C(N)N)C(=O)O. The minimum atomic E-state index is -1.24. The number of guanidine groups is 1. The van der Waals surface area contributed by atoms with Gasteiger partial charge in [0.1, 0.15) is 18.1 Å². The minimum absolute atomic E-state index is 0.0696. The molecular formula is C26H41N9O5. The Labute approximate surface area is 232 Å². The van der Waals surface area contributed by atoms with E-state index in [1.807, 2.05) is 24.3 Å². The highest BCUT2D eigenvalue weighted by Crippen LogP contribution is 2.19. The monoisotopic (exact) mass is 559 g/mol. The number of aromatic nitrogens is 1. The van der Waals surface area contributed by atoms with Crippen molar-refractivity contribution in [3.63, 3.8) is 0 Å². The Balaban J connectivity index is 2.15. The van der Waals surface area contributed by atoms with E-state index in [0.717, 1.165) is 22.9 Å². The van der Waals surface area contributed by atoms with Crippen LogP contribution in [0.2, 0.25) is 0 Å². The number of nitrogens with one attached hydrogen (secondary N) is 4. The third kappa shape index (κ3) is 10.2. The molecule has 0 bridgehead atoms. The van der Waals surface area contributed by atoms with Crippen molar-refractivity contribution in [2.45, 2.75) is 69.6 Å². The van der Waals surface area contributed by atoms with Gasteiger partial charge in [-0.3, -0.25) is 19.4 Å². The van der Waals surface area contributed by atoms with Crippen molar-refractivity contribution in [2.75, 3.05) is 13.1 Å². The number of fused-ring (bicyclic) bond motifs is 1. The second kappa shape index (κ2) is 16.1. The fourth-order valence-corrected chi connectivity index (χ4v) is 4.09. The molecule has 14 heteroatoms. The maximum atomic E-state index is 13.3. The first-order valence-electron chi connectivity index (χ1n) is 13.2. The van der Waals surface area contributed by atoms with Crippen LogP contribution in [0.25, 0.3) is 10.9 Å². The lowest BCUT2D eigenvalue weighted by Gasteiger charge is -2.24. The van der Waals surface area contributed by atoms with E-state index in [2.05, 4.69) is 25.9 Å². The normalized spacial score (nSPS) is 14.0. The maximum absolute atomic E-state index is 13.3. The van der Waals surface area contributed by atoms with Crippen LogP contribution in [0.4, 0.5) is 0 Å². The maximum Gasteiger partial charge on any atom is 0.326 e. The van der Waals surface area contributed by atoms with Crippen LogP contribution in [0.3, 0.4) is 0 Å². The number of nitrogens with zero attached hydrogens (tertiary/aromatic N) is 1. The third-order valence-corrected chi connectivity index (χ3v) is 6.35. The molecule has 0 radical (unpaired) electrons. The Morgan fingerprint density at radius 3 is 2.33 bits per heavy atom. The first-order valence-corrected chi connectivity index (χ1v) is 13.2. The van der Waals surface area contributed by atoms with Gasteiger partial charge in [-0.25, -0.2) is 4.79 Å². The summed E-state index contributed by atoms with van der Waals surface area (Å²) in [6, 6.07) is 3.28. The molecule has 1 heterocycles. The molecule has 2 aromatic rings. The molecular weight excluding hydrogens is 518 g/mol. The highest BCUT2D eigenvalue weighted by molar-refractivity contribution is 5.94. The van der Waals surface area contributed by atoms with E-state index in [4.69, 9.17) is 22.9 Å². The summed E-state index contributed by atoms with van der Waals surface area (Å²) in [5, 5.41) is 18.2. The van der Waals surface area contributed by atoms with Crippen LogP contribution in [0, 0.1) is 0 Å². The van der Waals surface area contributed by atoms with Gasteiger partial charge in [-0.05, 0) is 50.8 Å². The van der Waals surface area contributed by atoms with Crippen molar-refractivity contribution in [1.29, 1.82) is 0 Å². The van der Waals surface area contributed by atoms with Gasteiger partial charge >= 0.3 is 5.97 Å². The molecule has 4 atom stereocenters. The number of amides is 3. The highest BCUT2D eigenvalue weighted by Gasteiger charge is 2.29. The van der Waals surface area contributed by atoms with Gasteiger partial charge in [0, 0.05) is 30.1 Å². The summed E-state index contributed by atoms with van der Waals surface area (Å²) >= 11 is 0. The number of para-hydroxylation sites is 1. The number of H-pyrrole nitrogens is 1. The number of hydrogen-bond acceptors (Lipinski definition) is 7. The molecule has 2 rings (SSSR count). The standard InChI is InChI=1S/C26H41N9O5/c1-15(33-23(37)18(28)8-4-5-11-27)22(36)35-21(13-16-14-32-19-9-3-2-7-17(16)19)24(38)34-20(25(39)40)10-6-12-31-26(29)30/h2-3,7,9,14-15,18,20-21,32H,4-6,8,10-13,27-28H2,1H3,(H,33,37)(H,34,38)(H,35,36)(H,39,40)(H4,29,30,31). The van der Waals surface area contributed by atoms with E-state index in [-0.39, 0.29) is 25.3 Å². The van der Waals surface area contributed by atoms with Crippen LogP contribution in [0.5, 0.6) is 0 Å². The molecule has 0 aliphatic heterocycles. The highest BCUT2D eigenvalue weighted by atomic mass is 16.4. The molecule has 0 aliphatic rings. The van der Waals surface area contributed by atoms with Crippen molar-refractivity contribution in [3.8, 4) is 0 Å². The van der Waals surface area contributed by atoms with E-state index in [1.165, 1.54) is 6.92 Å². The van der Waals surface area contributed by atoms with Crippen molar-refractivity contribution in [3.05, 3.63) is 36.0 Å². The van der Waals surface area contributed by atoms with Crippen molar-refractivity contribution >= 4 is 40.6 Å². The predicted octanol–water partition coefficient (Wildman–Crippen LogP) is -1.22. The van der Waals surface area contributed by atoms with Gasteiger partial charge in [-0.1, -0.05) is 24.6 Å². The summed E-state index contributed by atoms with van der Waals surface area (Å²) in [7, 11) is 0. The summed E-state index contributed by atoms with van der Waals surface area (Å²) in [6.45, 7) is 2.17. The number of rotatable bonds is 17. The van der Waals surface area contributed by atoms with Gasteiger partial charge in [-0.2, -0.15) is 0 Å². The number of benzene rings is 1. The van der Waals surface area contributed by atoms with E-state index >= 15 is 0 Å². The number of unbranched alkanes of at least 4 members (excludes halogenated alkanes) is 1. The molecule has 14 nitrogen and oxygen atoms in total. The van der Waals surface area contributed by atoms with Crippen molar-refractivity contribution < 1.29 is 24.3 Å². The van der Waals surface area contributed by atoms with Gasteiger partial charge in [-0.15, -0.1) is 0 Å². The van der Waals surface area contributed by atoms with E-state index in [1.54, 1.807) is 6.20 Å². The average Bonchev–Trinajstić information content (AvgIpc) is 3.32. The Hall–Kier alpha value is -4.17. The van der Waals surface area contributed by atoms with Crippen LogP contribution in [-0.4, -0.2) is 77.0 Å². The van der Waals surface area contributed by atoms with Crippen LogP contribution in [0.15, 0.2) is 35.5 Å². The fraction of sp³-hybridized carbons (Fsp3) is 0.500. The predicted molar refractivity (Wildman–Crippen MR) is 152 cm³/mol. The molecule has 0 aliphatic carbocycles. The van der Waals surface area contributed by atoms with Crippen LogP contribution >= 0.6 is 0 Å². The van der Waals surface area contributed by atoms with Crippen LogP contribution in [-0.2, 0) is 25.6 Å². The quantitative estimate of drug-likeness (QED) is 0.0638. The molecule has 3 amide bonds. The number of carbonyl (C=O) groups excluding carboxylic acids is 3. The molecule has 0 spiro atoms. The summed E-state index contributed by atoms with van der Waals surface area (Å²) in [5.41, 5.74) is 23.6. The zero-order valence-corrected chi connectivity index (χ0v) is 22.7. The topological polar surface area (TPSA) is 257 Å². The van der Waals surface area contributed by atoms with Crippen molar-refractivity contribution in [2.24, 2.45) is 27.9 Å². The summed E-state index contributed by atoms with van der Waals surface area (Å²) < 4.78 is 0.